The van der Waals surface area contributed by atoms with Gasteiger partial charge in [-0.25, -0.2) is 4.79 Å². The second-order valence-corrected chi connectivity index (χ2v) is 6.74. The van der Waals surface area contributed by atoms with Crippen LogP contribution in [-0.2, 0) is 16.1 Å². The van der Waals surface area contributed by atoms with Crippen LogP contribution < -0.4 is 18.9 Å². The summed E-state index contributed by atoms with van der Waals surface area (Å²) in [5, 5.41) is 0. The van der Waals surface area contributed by atoms with Crippen LogP contribution in [0.3, 0.4) is 0 Å². The average molecular weight is 446 g/mol. The smallest absolute Gasteiger partial charge is 0.338 e. The molecule has 0 saturated heterocycles. The van der Waals surface area contributed by atoms with Crippen LogP contribution in [0.15, 0.2) is 36.4 Å². The zero-order chi connectivity index (χ0) is 23.5. The van der Waals surface area contributed by atoms with E-state index in [1.54, 1.807) is 14.2 Å². The standard InChI is InChI=1S/C24H31NO7/c1-6-29-20-13-18(14-21(30-7-2)23(20)31-8-3)24(27)32-16-22(26)25(4)15-17-11-9-10-12-19(17)28-5/h9-14H,6-8,15-16H2,1-5H3. The van der Waals surface area contributed by atoms with Gasteiger partial charge in [0.15, 0.2) is 18.1 Å². The van der Waals surface area contributed by atoms with Crippen molar-refractivity contribution < 1.29 is 33.3 Å². The number of hydrogen-bond donors (Lipinski definition) is 0. The second kappa shape index (κ2) is 12.4. The SMILES string of the molecule is CCOc1cc(C(=O)OCC(=O)N(C)Cc2ccccc2OC)cc(OCC)c1OCC. The van der Waals surface area contributed by atoms with Crippen LogP contribution in [0.25, 0.3) is 0 Å². The van der Waals surface area contributed by atoms with E-state index in [4.69, 9.17) is 23.7 Å². The van der Waals surface area contributed by atoms with Gasteiger partial charge < -0.3 is 28.6 Å². The van der Waals surface area contributed by atoms with Gasteiger partial charge in [-0.15, -0.1) is 0 Å². The summed E-state index contributed by atoms with van der Waals surface area (Å²) in [5.74, 6) is 0.879. The van der Waals surface area contributed by atoms with E-state index in [1.165, 1.54) is 17.0 Å². The minimum atomic E-state index is -0.658. The first-order valence-electron chi connectivity index (χ1n) is 10.5. The quantitative estimate of drug-likeness (QED) is 0.461. The van der Waals surface area contributed by atoms with Crippen LogP contribution in [-0.4, -0.2) is 57.4 Å². The highest BCUT2D eigenvalue weighted by Gasteiger charge is 2.21. The van der Waals surface area contributed by atoms with Gasteiger partial charge in [0, 0.05) is 19.2 Å². The van der Waals surface area contributed by atoms with Crippen molar-refractivity contribution in [1.82, 2.24) is 4.90 Å². The molecule has 0 spiro atoms. The first-order valence-corrected chi connectivity index (χ1v) is 10.5. The number of ether oxygens (including phenoxy) is 5. The number of para-hydroxylation sites is 1. The Labute approximate surface area is 189 Å². The lowest BCUT2D eigenvalue weighted by atomic mass is 10.2. The van der Waals surface area contributed by atoms with E-state index in [9.17, 15) is 9.59 Å². The molecule has 0 radical (unpaired) electrons. The molecule has 0 heterocycles. The lowest BCUT2D eigenvalue weighted by molar-refractivity contribution is -0.133. The van der Waals surface area contributed by atoms with Crippen LogP contribution in [0.5, 0.6) is 23.0 Å². The summed E-state index contributed by atoms with van der Waals surface area (Å²) >= 11 is 0. The molecule has 2 aromatic carbocycles. The molecule has 0 aliphatic carbocycles. The first kappa shape index (κ1) is 24.8. The highest BCUT2D eigenvalue weighted by atomic mass is 16.5. The third kappa shape index (κ3) is 6.54. The van der Waals surface area contributed by atoms with Crippen molar-refractivity contribution in [3.63, 3.8) is 0 Å². The highest BCUT2D eigenvalue weighted by Crippen LogP contribution is 2.39. The number of amides is 1. The molecule has 0 fully saturated rings. The van der Waals surface area contributed by atoms with Crippen molar-refractivity contribution in [1.29, 1.82) is 0 Å². The monoisotopic (exact) mass is 445 g/mol. The molecule has 0 unspecified atom stereocenters. The molecule has 0 saturated carbocycles. The zero-order valence-electron chi connectivity index (χ0n) is 19.3. The van der Waals surface area contributed by atoms with Crippen molar-refractivity contribution in [2.24, 2.45) is 0 Å². The van der Waals surface area contributed by atoms with Gasteiger partial charge in [-0.05, 0) is 39.0 Å². The minimum absolute atomic E-state index is 0.209. The predicted molar refractivity (Wildman–Crippen MR) is 120 cm³/mol. The van der Waals surface area contributed by atoms with Crippen LogP contribution in [0.1, 0.15) is 36.7 Å². The Hall–Kier alpha value is -3.42. The molecular weight excluding hydrogens is 414 g/mol. The fourth-order valence-electron chi connectivity index (χ4n) is 3.00. The molecule has 0 aliphatic rings. The van der Waals surface area contributed by atoms with Crippen molar-refractivity contribution in [2.75, 3.05) is 40.6 Å². The number of hydrogen-bond acceptors (Lipinski definition) is 7. The Morgan fingerprint density at radius 2 is 1.47 bits per heavy atom. The minimum Gasteiger partial charge on any atom is -0.496 e. The summed E-state index contributed by atoms with van der Waals surface area (Å²) in [7, 11) is 3.21. The van der Waals surface area contributed by atoms with E-state index in [0.29, 0.717) is 49.4 Å². The molecular formula is C24H31NO7. The van der Waals surface area contributed by atoms with E-state index in [2.05, 4.69) is 0 Å². The summed E-state index contributed by atoms with van der Waals surface area (Å²) in [6.45, 7) is 6.62. The molecule has 174 valence electrons. The molecule has 2 rings (SSSR count). The second-order valence-electron chi connectivity index (χ2n) is 6.74. The maximum absolute atomic E-state index is 12.6. The van der Waals surface area contributed by atoms with Gasteiger partial charge in [0.25, 0.3) is 5.91 Å². The number of methoxy groups -OCH3 is 1. The Bertz CT molecular complexity index is 886. The van der Waals surface area contributed by atoms with Crippen LogP contribution in [0.4, 0.5) is 0 Å². The van der Waals surface area contributed by atoms with E-state index >= 15 is 0 Å². The number of esters is 1. The van der Waals surface area contributed by atoms with E-state index in [-0.39, 0.29) is 11.5 Å². The van der Waals surface area contributed by atoms with Crippen molar-refractivity contribution in [3.05, 3.63) is 47.5 Å². The summed E-state index contributed by atoms with van der Waals surface area (Å²) in [6.07, 6.45) is 0. The van der Waals surface area contributed by atoms with Gasteiger partial charge in [0.1, 0.15) is 5.75 Å². The van der Waals surface area contributed by atoms with Crippen molar-refractivity contribution in [3.8, 4) is 23.0 Å². The van der Waals surface area contributed by atoms with Gasteiger partial charge in [0.2, 0.25) is 5.75 Å². The van der Waals surface area contributed by atoms with Gasteiger partial charge in [0.05, 0.1) is 32.5 Å². The zero-order valence-corrected chi connectivity index (χ0v) is 19.3. The van der Waals surface area contributed by atoms with Gasteiger partial charge in [-0.3, -0.25) is 4.79 Å². The molecule has 8 nitrogen and oxygen atoms in total. The van der Waals surface area contributed by atoms with E-state index in [1.807, 2.05) is 45.0 Å². The number of carbonyl (C=O) groups excluding carboxylic acids is 2. The molecule has 8 heteroatoms. The van der Waals surface area contributed by atoms with Gasteiger partial charge in [-0.2, -0.15) is 0 Å². The van der Waals surface area contributed by atoms with Gasteiger partial charge >= 0.3 is 5.97 Å². The summed E-state index contributed by atoms with van der Waals surface area (Å²) in [6, 6.07) is 10.5. The summed E-state index contributed by atoms with van der Waals surface area (Å²) < 4.78 is 27.5. The first-order chi connectivity index (χ1) is 15.4. The topological polar surface area (TPSA) is 83.5 Å². The molecule has 2 aromatic rings. The molecule has 0 atom stereocenters. The Morgan fingerprint density at radius 3 is 2.03 bits per heavy atom. The van der Waals surface area contributed by atoms with E-state index in [0.717, 1.165) is 5.56 Å². The summed E-state index contributed by atoms with van der Waals surface area (Å²) in [5.41, 5.74) is 1.06. The maximum atomic E-state index is 12.6. The number of nitrogens with zero attached hydrogens (tertiary/aromatic N) is 1. The molecule has 0 aliphatic heterocycles. The summed E-state index contributed by atoms with van der Waals surface area (Å²) in [4.78, 5) is 26.6. The number of benzene rings is 2. The molecule has 0 bridgehead atoms. The third-order valence-electron chi connectivity index (χ3n) is 4.50. The third-order valence-corrected chi connectivity index (χ3v) is 4.50. The van der Waals surface area contributed by atoms with E-state index < -0.39 is 12.6 Å². The lowest BCUT2D eigenvalue weighted by Gasteiger charge is -2.19. The van der Waals surface area contributed by atoms with Gasteiger partial charge in [-0.1, -0.05) is 18.2 Å². The number of carbonyl (C=O) groups is 2. The molecule has 0 aromatic heterocycles. The molecule has 1 amide bonds. The normalized spacial score (nSPS) is 10.3. The molecule has 0 N–H and O–H groups in total. The van der Waals surface area contributed by atoms with Crippen LogP contribution in [0, 0.1) is 0 Å². The Balaban J connectivity index is 2.10. The Kier molecular flexibility index (Phi) is 9.66. The highest BCUT2D eigenvalue weighted by molar-refractivity contribution is 5.92. The Morgan fingerprint density at radius 1 is 0.875 bits per heavy atom. The lowest BCUT2D eigenvalue weighted by Crippen LogP contribution is -2.31. The molecule has 32 heavy (non-hydrogen) atoms. The maximum Gasteiger partial charge on any atom is 0.338 e. The number of rotatable bonds is 12. The van der Waals surface area contributed by atoms with Crippen LogP contribution in [0.2, 0.25) is 0 Å². The largest absolute Gasteiger partial charge is 0.496 e. The average Bonchev–Trinajstić information content (AvgIpc) is 2.79. The fourth-order valence-corrected chi connectivity index (χ4v) is 3.00. The van der Waals surface area contributed by atoms with Crippen LogP contribution >= 0.6 is 0 Å². The number of likely N-dealkylation sites (N-methyl/N-ethyl adjacent to an activating group) is 1. The fraction of sp³-hybridized carbons (Fsp3) is 0.417. The predicted octanol–water partition coefficient (Wildman–Crippen LogP) is 3.71. The van der Waals surface area contributed by atoms with Crippen molar-refractivity contribution in [2.45, 2.75) is 27.3 Å². The van der Waals surface area contributed by atoms with Crippen molar-refractivity contribution >= 4 is 11.9 Å².